The summed E-state index contributed by atoms with van der Waals surface area (Å²) in [5.74, 6) is 1.09. The first-order chi connectivity index (χ1) is 8.72. The van der Waals surface area contributed by atoms with E-state index in [1.165, 1.54) is 19.3 Å². The van der Waals surface area contributed by atoms with Crippen LogP contribution in [0.2, 0.25) is 0 Å². The number of rotatable bonds is 3. The number of amides is 1. The molecule has 2 aliphatic rings. The Hall–Kier alpha value is -0.570. The Morgan fingerprint density at radius 2 is 1.78 bits per heavy atom. The molecule has 0 aromatic heterocycles. The average Bonchev–Trinajstić information content (AvgIpc) is 2.47. The number of aliphatic hydroxyl groups excluding tert-OH is 1. The van der Waals surface area contributed by atoms with Crippen molar-refractivity contribution in [3.63, 3.8) is 0 Å². The largest absolute Gasteiger partial charge is 0.393 e. The van der Waals surface area contributed by atoms with Crippen LogP contribution in [-0.2, 0) is 4.79 Å². The van der Waals surface area contributed by atoms with Crippen molar-refractivity contribution in [2.75, 3.05) is 13.1 Å². The lowest BCUT2D eigenvalue weighted by molar-refractivity contribution is -0.138. The molecular formula is C15H27NO2. The summed E-state index contributed by atoms with van der Waals surface area (Å²) in [5, 5.41) is 9.85. The van der Waals surface area contributed by atoms with Crippen LogP contribution in [0.4, 0.5) is 0 Å². The van der Waals surface area contributed by atoms with Crippen LogP contribution in [0, 0.1) is 11.8 Å². The summed E-state index contributed by atoms with van der Waals surface area (Å²) in [4.78, 5) is 14.4. The predicted molar refractivity (Wildman–Crippen MR) is 72.2 cm³/mol. The van der Waals surface area contributed by atoms with Gasteiger partial charge in [0.1, 0.15) is 0 Å². The number of piperidine rings is 1. The maximum Gasteiger partial charge on any atom is 0.225 e. The molecule has 1 aliphatic heterocycles. The van der Waals surface area contributed by atoms with E-state index >= 15 is 0 Å². The fraction of sp³-hybridized carbons (Fsp3) is 0.933. The Balaban J connectivity index is 1.79. The molecule has 1 heterocycles. The van der Waals surface area contributed by atoms with Crippen molar-refractivity contribution in [1.29, 1.82) is 0 Å². The Morgan fingerprint density at radius 3 is 2.33 bits per heavy atom. The van der Waals surface area contributed by atoms with Crippen LogP contribution in [0.3, 0.4) is 0 Å². The Labute approximate surface area is 111 Å². The molecule has 1 unspecified atom stereocenters. The average molecular weight is 253 g/mol. The molecule has 2 fully saturated rings. The lowest BCUT2D eigenvalue weighted by Gasteiger charge is -2.36. The van der Waals surface area contributed by atoms with Gasteiger partial charge in [0, 0.05) is 19.0 Å². The molecule has 3 heteroatoms. The van der Waals surface area contributed by atoms with Gasteiger partial charge < -0.3 is 10.0 Å². The van der Waals surface area contributed by atoms with Crippen LogP contribution >= 0.6 is 0 Å². The van der Waals surface area contributed by atoms with Crippen LogP contribution in [0.15, 0.2) is 0 Å². The first-order valence-electron chi connectivity index (χ1n) is 7.69. The normalized spacial score (nSPS) is 25.1. The topological polar surface area (TPSA) is 40.5 Å². The minimum atomic E-state index is -0.170. The second-order valence-corrected chi connectivity index (χ2v) is 5.97. The zero-order valence-electron chi connectivity index (χ0n) is 11.6. The van der Waals surface area contributed by atoms with Crippen molar-refractivity contribution in [2.45, 2.75) is 64.4 Å². The maximum absolute atomic E-state index is 12.4. The minimum absolute atomic E-state index is 0.170. The molecule has 0 radical (unpaired) electrons. The van der Waals surface area contributed by atoms with E-state index in [0.29, 0.717) is 17.7 Å². The minimum Gasteiger partial charge on any atom is -0.393 e. The number of carbonyl (C=O) groups excluding carboxylic acids is 1. The smallest absolute Gasteiger partial charge is 0.225 e. The fourth-order valence-corrected chi connectivity index (χ4v) is 3.45. The summed E-state index contributed by atoms with van der Waals surface area (Å²) >= 11 is 0. The summed E-state index contributed by atoms with van der Waals surface area (Å²) in [6.07, 6.45) is 8.56. The van der Waals surface area contributed by atoms with Gasteiger partial charge in [-0.25, -0.2) is 0 Å². The lowest BCUT2D eigenvalue weighted by Crippen LogP contribution is -2.44. The van der Waals surface area contributed by atoms with Gasteiger partial charge in [-0.2, -0.15) is 0 Å². The molecule has 1 atom stereocenters. The summed E-state index contributed by atoms with van der Waals surface area (Å²) < 4.78 is 0. The monoisotopic (exact) mass is 253 g/mol. The van der Waals surface area contributed by atoms with Gasteiger partial charge in [-0.3, -0.25) is 4.79 Å². The van der Waals surface area contributed by atoms with Crippen molar-refractivity contribution in [1.82, 2.24) is 4.90 Å². The molecule has 1 saturated heterocycles. The molecule has 1 N–H and O–H groups in total. The van der Waals surface area contributed by atoms with E-state index in [0.717, 1.165) is 45.2 Å². The van der Waals surface area contributed by atoms with E-state index in [1.807, 2.05) is 6.92 Å². The van der Waals surface area contributed by atoms with E-state index in [4.69, 9.17) is 0 Å². The summed E-state index contributed by atoms with van der Waals surface area (Å²) in [5.41, 5.74) is 0. The predicted octanol–water partition coefficient (Wildman–Crippen LogP) is 2.58. The molecule has 0 bridgehead atoms. The maximum atomic E-state index is 12.4. The Bertz CT molecular complexity index is 266. The van der Waals surface area contributed by atoms with Crippen LogP contribution in [0.5, 0.6) is 0 Å². The van der Waals surface area contributed by atoms with Gasteiger partial charge in [0.05, 0.1) is 6.10 Å². The van der Waals surface area contributed by atoms with Gasteiger partial charge in [0.15, 0.2) is 0 Å². The number of hydrogen-bond donors (Lipinski definition) is 1. The third kappa shape index (κ3) is 3.25. The van der Waals surface area contributed by atoms with E-state index in [1.54, 1.807) is 0 Å². The molecule has 2 rings (SSSR count). The standard InChI is InChI=1S/C15H27NO2/c1-2-14(17)12-8-10-16(11-9-12)15(18)13-6-4-3-5-7-13/h12-14,17H,2-11H2,1H3. The number of likely N-dealkylation sites (tertiary alicyclic amines) is 1. The first-order valence-corrected chi connectivity index (χ1v) is 7.69. The summed E-state index contributed by atoms with van der Waals surface area (Å²) in [6.45, 7) is 3.75. The number of carbonyl (C=O) groups is 1. The molecular weight excluding hydrogens is 226 g/mol. The molecule has 0 aromatic rings. The third-order valence-corrected chi connectivity index (χ3v) is 4.77. The Kier molecular flexibility index (Phi) is 5.04. The summed E-state index contributed by atoms with van der Waals surface area (Å²) in [6, 6.07) is 0. The van der Waals surface area contributed by atoms with Gasteiger partial charge in [0.2, 0.25) is 5.91 Å². The molecule has 18 heavy (non-hydrogen) atoms. The molecule has 1 aliphatic carbocycles. The van der Waals surface area contributed by atoms with Crippen molar-refractivity contribution in [3.05, 3.63) is 0 Å². The number of hydrogen-bond acceptors (Lipinski definition) is 2. The fourth-order valence-electron chi connectivity index (χ4n) is 3.45. The van der Waals surface area contributed by atoms with Crippen molar-refractivity contribution in [2.24, 2.45) is 11.8 Å². The van der Waals surface area contributed by atoms with Crippen LogP contribution in [0.25, 0.3) is 0 Å². The van der Waals surface area contributed by atoms with Gasteiger partial charge in [0.25, 0.3) is 0 Å². The van der Waals surface area contributed by atoms with Gasteiger partial charge in [-0.15, -0.1) is 0 Å². The van der Waals surface area contributed by atoms with E-state index in [-0.39, 0.29) is 6.10 Å². The molecule has 104 valence electrons. The Morgan fingerprint density at radius 1 is 1.17 bits per heavy atom. The van der Waals surface area contributed by atoms with E-state index in [9.17, 15) is 9.90 Å². The van der Waals surface area contributed by atoms with Gasteiger partial charge in [-0.05, 0) is 38.0 Å². The summed E-state index contributed by atoms with van der Waals surface area (Å²) in [7, 11) is 0. The van der Waals surface area contributed by atoms with Gasteiger partial charge in [-0.1, -0.05) is 26.2 Å². The first kappa shape index (κ1) is 13.9. The zero-order chi connectivity index (χ0) is 13.0. The number of nitrogens with zero attached hydrogens (tertiary/aromatic N) is 1. The van der Waals surface area contributed by atoms with Gasteiger partial charge >= 0.3 is 0 Å². The number of aliphatic hydroxyl groups is 1. The van der Waals surface area contributed by atoms with Crippen molar-refractivity contribution in [3.8, 4) is 0 Å². The lowest BCUT2D eigenvalue weighted by atomic mass is 9.86. The molecule has 3 nitrogen and oxygen atoms in total. The highest BCUT2D eigenvalue weighted by Crippen LogP contribution is 2.28. The zero-order valence-corrected chi connectivity index (χ0v) is 11.6. The van der Waals surface area contributed by atoms with Crippen molar-refractivity contribution < 1.29 is 9.90 Å². The highest BCUT2D eigenvalue weighted by atomic mass is 16.3. The third-order valence-electron chi connectivity index (χ3n) is 4.77. The second-order valence-electron chi connectivity index (χ2n) is 5.97. The van der Waals surface area contributed by atoms with E-state index in [2.05, 4.69) is 4.90 Å². The SMILES string of the molecule is CCC(O)C1CCN(C(=O)C2CCCCC2)CC1. The molecule has 1 amide bonds. The van der Waals surface area contributed by atoms with Crippen LogP contribution < -0.4 is 0 Å². The van der Waals surface area contributed by atoms with Crippen molar-refractivity contribution >= 4 is 5.91 Å². The highest BCUT2D eigenvalue weighted by molar-refractivity contribution is 5.79. The quantitative estimate of drug-likeness (QED) is 0.840. The van der Waals surface area contributed by atoms with E-state index < -0.39 is 0 Å². The van der Waals surface area contributed by atoms with Crippen LogP contribution in [-0.4, -0.2) is 35.1 Å². The van der Waals surface area contributed by atoms with Crippen LogP contribution in [0.1, 0.15) is 58.3 Å². The highest BCUT2D eigenvalue weighted by Gasteiger charge is 2.30. The molecule has 1 saturated carbocycles. The molecule has 0 aromatic carbocycles. The second kappa shape index (κ2) is 6.55. The molecule has 0 spiro atoms.